The molecular weight excluding hydrogens is 413 g/mol. The minimum atomic E-state index is -3.79. The number of amides is 1. The molecule has 1 atom stereocenters. The van der Waals surface area contributed by atoms with Gasteiger partial charge in [0.15, 0.2) is 6.61 Å². The second-order valence-electron chi connectivity index (χ2n) is 6.86. The fourth-order valence-corrected chi connectivity index (χ4v) is 4.03. The maximum Gasteiger partial charge on any atom is 0.306 e. The molecule has 1 aliphatic heterocycles. The van der Waals surface area contributed by atoms with E-state index in [-0.39, 0.29) is 29.5 Å². The molecule has 0 radical (unpaired) electrons. The molecule has 0 aromatic heterocycles. The van der Waals surface area contributed by atoms with Gasteiger partial charge < -0.3 is 15.4 Å². The number of hydrogen-bond acceptors (Lipinski definition) is 6. The van der Waals surface area contributed by atoms with Crippen molar-refractivity contribution in [2.75, 3.05) is 17.2 Å². The van der Waals surface area contributed by atoms with Crippen LogP contribution in [0, 0.1) is 11.7 Å². The van der Waals surface area contributed by atoms with E-state index in [1.165, 1.54) is 30.3 Å². The van der Waals surface area contributed by atoms with Crippen LogP contribution in [0.1, 0.15) is 19.8 Å². The molecule has 1 heterocycles. The van der Waals surface area contributed by atoms with Crippen LogP contribution in [-0.4, -0.2) is 32.7 Å². The number of esters is 1. The zero-order valence-corrected chi connectivity index (χ0v) is 16.9. The number of benzene rings is 2. The van der Waals surface area contributed by atoms with E-state index in [9.17, 15) is 22.4 Å². The van der Waals surface area contributed by atoms with Crippen molar-refractivity contribution in [3.63, 3.8) is 0 Å². The van der Waals surface area contributed by atoms with Crippen LogP contribution in [0.2, 0.25) is 0 Å². The Hall–Kier alpha value is -3.27. The molecule has 8 nitrogen and oxygen atoms in total. The van der Waals surface area contributed by atoms with Crippen LogP contribution in [-0.2, 0) is 24.3 Å². The van der Waals surface area contributed by atoms with Crippen LogP contribution in [0.5, 0.6) is 0 Å². The summed E-state index contributed by atoms with van der Waals surface area (Å²) >= 11 is 0. The Balaban J connectivity index is 1.47. The monoisotopic (exact) mass is 433 g/mol. The predicted molar refractivity (Wildman–Crippen MR) is 109 cm³/mol. The normalized spacial score (nSPS) is 15.2. The lowest BCUT2D eigenvalue weighted by molar-refractivity contribution is -0.148. The summed E-state index contributed by atoms with van der Waals surface area (Å²) in [5.74, 6) is -1.62. The van der Waals surface area contributed by atoms with Crippen LogP contribution in [0.15, 0.2) is 57.8 Å². The average molecular weight is 433 g/mol. The van der Waals surface area contributed by atoms with Gasteiger partial charge in [0, 0.05) is 18.5 Å². The first-order valence-corrected chi connectivity index (χ1v) is 10.6. The first-order chi connectivity index (χ1) is 14.2. The number of halogens is 1. The molecule has 2 N–H and O–H groups in total. The molecule has 2 aromatic carbocycles. The zero-order valence-electron chi connectivity index (χ0n) is 16.1. The Morgan fingerprint density at radius 1 is 1.17 bits per heavy atom. The van der Waals surface area contributed by atoms with E-state index in [2.05, 4.69) is 15.0 Å². The molecule has 0 saturated heterocycles. The van der Waals surface area contributed by atoms with Gasteiger partial charge in [-0.05, 0) is 42.3 Å². The van der Waals surface area contributed by atoms with E-state index >= 15 is 0 Å². The number of para-hydroxylation sites is 1. The first-order valence-electron chi connectivity index (χ1n) is 9.14. The smallest absolute Gasteiger partial charge is 0.306 e. The van der Waals surface area contributed by atoms with Crippen molar-refractivity contribution in [1.82, 2.24) is 0 Å². The molecule has 2 aromatic rings. The molecule has 0 bridgehead atoms. The number of carbonyl (C=O) groups excluding carboxylic acids is 2. The Kier molecular flexibility index (Phi) is 6.46. The molecular formula is C20H20FN3O5S. The summed E-state index contributed by atoms with van der Waals surface area (Å²) < 4.78 is 46.1. The fourth-order valence-electron chi connectivity index (χ4n) is 2.88. The molecule has 30 heavy (non-hydrogen) atoms. The maximum absolute atomic E-state index is 12.9. The van der Waals surface area contributed by atoms with Crippen molar-refractivity contribution < 1.29 is 27.1 Å². The summed E-state index contributed by atoms with van der Waals surface area (Å²) in [6, 6.07) is 11.6. The number of amidine groups is 1. The van der Waals surface area contributed by atoms with Crippen molar-refractivity contribution >= 4 is 39.1 Å². The summed E-state index contributed by atoms with van der Waals surface area (Å²) in [6.07, 6.45) is 0.191. The van der Waals surface area contributed by atoms with Gasteiger partial charge in [0.2, 0.25) is 0 Å². The highest BCUT2D eigenvalue weighted by Gasteiger charge is 2.25. The van der Waals surface area contributed by atoms with Crippen LogP contribution in [0.3, 0.4) is 0 Å². The van der Waals surface area contributed by atoms with E-state index in [0.717, 1.165) is 0 Å². The molecule has 0 aliphatic carbocycles. The Labute approximate surface area is 173 Å². The van der Waals surface area contributed by atoms with Crippen molar-refractivity contribution in [1.29, 1.82) is 0 Å². The molecule has 1 aliphatic rings. The number of anilines is 2. The lowest BCUT2D eigenvalue weighted by atomic mass is 10.0. The number of hydrogen-bond donors (Lipinski definition) is 2. The lowest BCUT2D eigenvalue weighted by Crippen LogP contribution is -2.25. The van der Waals surface area contributed by atoms with E-state index in [0.29, 0.717) is 11.4 Å². The summed E-state index contributed by atoms with van der Waals surface area (Å²) in [5, 5.41) is 5.45. The van der Waals surface area contributed by atoms with Crippen molar-refractivity contribution in [2.45, 2.75) is 24.7 Å². The number of sulfonamides is 1. The number of nitrogens with one attached hydrogen (secondary N) is 2. The zero-order chi connectivity index (χ0) is 21.7. The maximum atomic E-state index is 12.9. The third-order valence-corrected chi connectivity index (χ3v) is 5.60. The Morgan fingerprint density at radius 3 is 2.60 bits per heavy atom. The highest BCUT2D eigenvalue weighted by Crippen LogP contribution is 2.28. The van der Waals surface area contributed by atoms with Crippen molar-refractivity contribution in [3.8, 4) is 0 Å². The number of carbonyl (C=O) groups is 2. The number of nitrogens with zero attached hydrogens (tertiary/aromatic N) is 1. The number of rotatable bonds is 7. The van der Waals surface area contributed by atoms with Crippen LogP contribution in [0.4, 0.5) is 15.8 Å². The summed E-state index contributed by atoms with van der Waals surface area (Å²) in [7, 11) is -3.79. The molecule has 0 fully saturated rings. The minimum Gasteiger partial charge on any atom is -0.456 e. The first kappa shape index (κ1) is 21.4. The minimum absolute atomic E-state index is 0.0216. The largest absolute Gasteiger partial charge is 0.456 e. The van der Waals surface area contributed by atoms with Gasteiger partial charge in [0.1, 0.15) is 16.5 Å². The van der Waals surface area contributed by atoms with E-state index in [1.54, 1.807) is 25.1 Å². The Bertz CT molecular complexity index is 1080. The fraction of sp³-hybridized carbons (Fsp3) is 0.250. The lowest BCUT2D eigenvalue weighted by Gasteiger charge is -2.20. The second kappa shape index (κ2) is 9.04. The third-order valence-electron chi connectivity index (χ3n) is 4.22. The van der Waals surface area contributed by atoms with Crippen molar-refractivity contribution in [2.24, 2.45) is 10.3 Å². The van der Waals surface area contributed by atoms with Gasteiger partial charge in [0.25, 0.3) is 15.9 Å². The topological polar surface area (TPSA) is 114 Å². The van der Waals surface area contributed by atoms with E-state index in [1.807, 2.05) is 0 Å². The molecule has 1 amide bonds. The van der Waals surface area contributed by atoms with E-state index < -0.39 is 34.3 Å². The highest BCUT2D eigenvalue weighted by molar-refractivity contribution is 7.90. The van der Waals surface area contributed by atoms with Gasteiger partial charge in [0.05, 0.1) is 5.69 Å². The van der Waals surface area contributed by atoms with Gasteiger partial charge in [-0.3, -0.25) is 9.59 Å². The standard InChI is InChI=1S/C20H20FN3O5S/c1-13(10-18-23-16-4-2-3-5-17(16)30(27,28)24-18)11-20(26)29-12-19(25)22-15-8-6-14(21)7-9-15/h2-9,13H,10-12H2,1H3,(H,22,25)(H,23,24)/t13-/m0/s1. The Morgan fingerprint density at radius 2 is 1.87 bits per heavy atom. The van der Waals surface area contributed by atoms with Gasteiger partial charge >= 0.3 is 5.97 Å². The van der Waals surface area contributed by atoms with Crippen LogP contribution in [0.25, 0.3) is 0 Å². The second-order valence-corrected chi connectivity index (χ2v) is 8.44. The summed E-state index contributed by atoms with van der Waals surface area (Å²) in [4.78, 5) is 23.9. The SMILES string of the molecule is C[C@H](CC(=O)OCC(=O)Nc1ccc(F)cc1)CC1=NS(=O)(=O)c2ccccc2N1. The van der Waals surface area contributed by atoms with Gasteiger partial charge in [-0.2, -0.15) is 8.42 Å². The molecule has 3 rings (SSSR count). The van der Waals surface area contributed by atoms with Crippen molar-refractivity contribution in [3.05, 3.63) is 54.3 Å². The highest BCUT2D eigenvalue weighted by atomic mass is 32.2. The quantitative estimate of drug-likeness (QED) is 0.649. The molecule has 0 spiro atoms. The molecule has 0 saturated carbocycles. The van der Waals surface area contributed by atoms with E-state index in [4.69, 9.17) is 4.74 Å². The number of ether oxygens (including phenoxy) is 1. The van der Waals surface area contributed by atoms with Crippen LogP contribution < -0.4 is 10.6 Å². The number of fused-ring (bicyclic) bond motifs is 1. The van der Waals surface area contributed by atoms with Gasteiger partial charge in [-0.15, -0.1) is 4.40 Å². The van der Waals surface area contributed by atoms with Gasteiger partial charge in [-0.1, -0.05) is 19.1 Å². The average Bonchev–Trinajstić information content (AvgIpc) is 2.67. The third kappa shape index (κ3) is 5.63. The summed E-state index contributed by atoms with van der Waals surface area (Å²) in [6.45, 7) is 1.26. The molecule has 10 heteroatoms. The predicted octanol–water partition coefficient (Wildman–Crippen LogP) is 2.94. The molecule has 0 unspecified atom stereocenters. The summed E-state index contributed by atoms with van der Waals surface area (Å²) in [5.41, 5.74) is 0.823. The molecule has 158 valence electrons. The van der Waals surface area contributed by atoms with Gasteiger partial charge in [-0.25, -0.2) is 4.39 Å². The van der Waals surface area contributed by atoms with Crippen LogP contribution >= 0.6 is 0 Å².